The van der Waals surface area contributed by atoms with Gasteiger partial charge in [-0.05, 0) is 23.7 Å². The SMILES string of the molecule is CC(C)CCCCC(C)C.CC(C)CCCCC(C)C.O. The molecule has 0 aromatic heterocycles. The zero-order valence-electron chi connectivity index (χ0n) is 16.5. The van der Waals surface area contributed by atoms with Crippen molar-refractivity contribution in [3.8, 4) is 0 Å². The van der Waals surface area contributed by atoms with Gasteiger partial charge in [0.1, 0.15) is 0 Å². The maximum absolute atomic E-state index is 2.30. The quantitative estimate of drug-likeness (QED) is 0.393. The zero-order chi connectivity index (χ0) is 16.0. The van der Waals surface area contributed by atoms with Crippen molar-refractivity contribution in [1.82, 2.24) is 0 Å². The highest BCUT2D eigenvalue weighted by Crippen LogP contribution is 2.12. The monoisotopic (exact) mass is 302 g/mol. The summed E-state index contributed by atoms with van der Waals surface area (Å²) in [4.78, 5) is 0. The molecule has 0 rings (SSSR count). The van der Waals surface area contributed by atoms with Gasteiger partial charge in [0.15, 0.2) is 0 Å². The summed E-state index contributed by atoms with van der Waals surface area (Å²) in [5, 5.41) is 0. The highest BCUT2D eigenvalue weighted by atomic mass is 16.0. The van der Waals surface area contributed by atoms with Crippen molar-refractivity contribution >= 4 is 0 Å². The number of hydrogen-bond donors (Lipinski definition) is 0. The third-order valence-electron chi connectivity index (χ3n) is 3.63. The molecule has 0 aliphatic carbocycles. The lowest BCUT2D eigenvalue weighted by molar-refractivity contribution is 0.483. The van der Waals surface area contributed by atoms with E-state index in [0.717, 1.165) is 23.7 Å². The van der Waals surface area contributed by atoms with Crippen LogP contribution in [0.5, 0.6) is 0 Å². The zero-order valence-corrected chi connectivity index (χ0v) is 16.5. The molecule has 0 aliphatic heterocycles. The van der Waals surface area contributed by atoms with Crippen LogP contribution < -0.4 is 0 Å². The number of rotatable bonds is 10. The predicted octanol–water partition coefficient (Wildman–Crippen LogP) is 6.89. The lowest BCUT2D eigenvalue weighted by Gasteiger charge is -2.05. The Kier molecular flexibility index (Phi) is 22.2. The molecule has 0 unspecified atom stereocenters. The lowest BCUT2D eigenvalue weighted by Crippen LogP contribution is -1.90. The Labute approximate surface area is 136 Å². The van der Waals surface area contributed by atoms with Crippen molar-refractivity contribution in [3.05, 3.63) is 0 Å². The third-order valence-corrected chi connectivity index (χ3v) is 3.63. The molecule has 0 aromatic rings. The van der Waals surface area contributed by atoms with E-state index in [0.29, 0.717) is 0 Å². The number of hydrogen-bond acceptors (Lipinski definition) is 0. The second kappa shape index (κ2) is 18.0. The summed E-state index contributed by atoms with van der Waals surface area (Å²) in [5.74, 6) is 3.58. The van der Waals surface area contributed by atoms with E-state index in [1.807, 2.05) is 0 Å². The Balaban J connectivity index is -0.000000295. The largest absolute Gasteiger partial charge is 0.412 e. The molecule has 2 N–H and O–H groups in total. The van der Waals surface area contributed by atoms with Crippen molar-refractivity contribution in [2.45, 2.75) is 107 Å². The summed E-state index contributed by atoms with van der Waals surface area (Å²) in [6, 6.07) is 0. The van der Waals surface area contributed by atoms with Crippen molar-refractivity contribution in [2.24, 2.45) is 23.7 Å². The standard InChI is InChI=1S/2C10H22.H2O/c2*1-9(2)7-5-6-8-10(3)4;/h2*9-10H,5-8H2,1-4H3;1H2. The van der Waals surface area contributed by atoms with Crippen LogP contribution in [0.15, 0.2) is 0 Å². The van der Waals surface area contributed by atoms with E-state index in [1.54, 1.807) is 0 Å². The second-order valence-electron chi connectivity index (χ2n) is 8.14. The molecule has 0 fully saturated rings. The molecule has 21 heavy (non-hydrogen) atoms. The highest BCUT2D eigenvalue weighted by Gasteiger charge is 1.96. The average Bonchev–Trinajstić information content (AvgIpc) is 2.30. The fourth-order valence-corrected chi connectivity index (χ4v) is 2.21. The van der Waals surface area contributed by atoms with Gasteiger partial charge in [0, 0.05) is 0 Å². The predicted molar refractivity (Wildman–Crippen MR) is 99.9 cm³/mol. The highest BCUT2D eigenvalue weighted by molar-refractivity contribution is 4.50. The number of unbranched alkanes of at least 4 members (excludes halogenated alkanes) is 2. The van der Waals surface area contributed by atoms with E-state index >= 15 is 0 Å². The Morgan fingerprint density at radius 2 is 0.524 bits per heavy atom. The molecule has 0 saturated carbocycles. The van der Waals surface area contributed by atoms with Crippen LogP contribution in [0.1, 0.15) is 107 Å². The topological polar surface area (TPSA) is 31.5 Å². The molecule has 0 aromatic carbocycles. The second-order valence-corrected chi connectivity index (χ2v) is 8.14. The van der Waals surface area contributed by atoms with Gasteiger partial charge in [-0.2, -0.15) is 0 Å². The van der Waals surface area contributed by atoms with Gasteiger partial charge in [0.05, 0.1) is 0 Å². The Hall–Kier alpha value is -0.0400. The first-order valence-electron chi connectivity index (χ1n) is 9.25. The van der Waals surface area contributed by atoms with Crippen LogP contribution in [0.3, 0.4) is 0 Å². The Morgan fingerprint density at radius 1 is 0.381 bits per heavy atom. The minimum absolute atomic E-state index is 0. The molecule has 132 valence electrons. The van der Waals surface area contributed by atoms with Crippen LogP contribution >= 0.6 is 0 Å². The van der Waals surface area contributed by atoms with Crippen LogP contribution in [-0.2, 0) is 0 Å². The fraction of sp³-hybridized carbons (Fsp3) is 1.00. The van der Waals surface area contributed by atoms with Crippen LogP contribution in [0, 0.1) is 23.7 Å². The summed E-state index contributed by atoms with van der Waals surface area (Å²) < 4.78 is 0. The van der Waals surface area contributed by atoms with Gasteiger partial charge in [-0.15, -0.1) is 0 Å². The van der Waals surface area contributed by atoms with Gasteiger partial charge >= 0.3 is 0 Å². The fourth-order valence-electron chi connectivity index (χ4n) is 2.21. The summed E-state index contributed by atoms with van der Waals surface area (Å²) in [7, 11) is 0. The van der Waals surface area contributed by atoms with Crippen LogP contribution in [0.2, 0.25) is 0 Å². The van der Waals surface area contributed by atoms with Crippen LogP contribution in [0.4, 0.5) is 0 Å². The molecule has 0 saturated heterocycles. The summed E-state index contributed by atoms with van der Waals surface area (Å²) in [6.45, 7) is 18.4. The van der Waals surface area contributed by atoms with Gasteiger partial charge in [0.25, 0.3) is 0 Å². The molecule has 0 heterocycles. The van der Waals surface area contributed by atoms with E-state index in [4.69, 9.17) is 0 Å². The third kappa shape index (κ3) is 33.0. The van der Waals surface area contributed by atoms with Crippen molar-refractivity contribution in [2.75, 3.05) is 0 Å². The first-order chi connectivity index (χ1) is 9.25. The van der Waals surface area contributed by atoms with Crippen LogP contribution in [0.25, 0.3) is 0 Å². The molecular weight excluding hydrogens is 256 g/mol. The van der Waals surface area contributed by atoms with Gasteiger partial charge < -0.3 is 5.48 Å². The molecule has 1 heteroatoms. The molecule has 0 aliphatic rings. The first-order valence-corrected chi connectivity index (χ1v) is 9.25. The van der Waals surface area contributed by atoms with E-state index in [9.17, 15) is 0 Å². The van der Waals surface area contributed by atoms with Gasteiger partial charge in [-0.1, -0.05) is 107 Å². The van der Waals surface area contributed by atoms with Gasteiger partial charge in [0.2, 0.25) is 0 Å². The average molecular weight is 303 g/mol. The minimum atomic E-state index is 0. The summed E-state index contributed by atoms with van der Waals surface area (Å²) >= 11 is 0. The smallest absolute Gasteiger partial charge is 0.0471 e. The molecule has 0 atom stereocenters. The molecule has 0 spiro atoms. The van der Waals surface area contributed by atoms with Crippen LogP contribution in [-0.4, -0.2) is 5.48 Å². The van der Waals surface area contributed by atoms with Gasteiger partial charge in [-0.25, -0.2) is 0 Å². The molecule has 0 bridgehead atoms. The Morgan fingerprint density at radius 3 is 0.619 bits per heavy atom. The van der Waals surface area contributed by atoms with Crippen molar-refractivity contribution in [3.63, 3.8) is 0 Å². The molecule has 0 radical (unpaired) electrons. The minimum Gasteiger partial charge on any atom is -0.412 e. The van der Waals surface area contributed by atoms with Crippen molar-refractivity contribution < 1.29 is 5.48 Å². The molecule has 0 amide bonds. The van der Waals surface area contributed by atoms with E-state index < -0.39 is 0 Å². The summed E-state index contributed by atoms with van der Waals surface area (Å²) in [6.07, 6.45) is 11.3. The molecular formula is C20H46O. The lowest BCUT2D eigenvalue weighted by atomic mass is 10.0. The van der Waals surface area contributed by atoms with E-state index in [-0.39, 0.29) is 5.48 Å². The van der Waals surface area contributed by atoms with Gasteiger partial charge in [-0.3, -0.25) is 0 Å². The maximum atomic E-state index is 2.30. The normalized spacial score (nSPS) is 10.9. The molecule has 1 nitrogen and oxygen atoms in total. The van der Waals surface area contributed by atoms with Crippen molar-refractivity contribution in [1.29, 1.82) is 0 Å². The maximum Gasteiger partial charge on any atom is -0.0471 e. The Bertz CT molecular complexity index is 131. The summed E-state index contributed by atoms with van der Waals surface area (Å²) in [5.41, 5.74) is 0. The van der Waals surface area contributed by atoms with E-state index in [2.05, 4.69) is 55.4 Å². The first kappa shape index (κ1) is 25.9. The van der Waals surface area contributed by atoms with E-state index in [1.165, 1.54) is 51.4 Å².